The van der Waals surface area contributed by atoms with Gasteiger partial charge in [-0.05, 0) is 23.5 Å². The second-order valence-corrected chi connectivity index (χ2v) is 4.30. The lowest BCUT2D eigenvalue weighted by molar-refractivity contribution is -0.297. The van der Waals surface area contributed by atoms with Crippen molar-refractivity contribution in [3.8, 4) is 0 Å². The van der Waals surface area contributed by atoms with E-state index in [1.807, 2.05) is 44.2 Å². The zero-order valence-electron chi connectivity index (χ0n) is 9.07. The van der Waals surface area contributed by atoms with Crippen LogP contribution in [0.1, 0.15) is 19.4 Å². The van der Waals surface area contributed by atoms with Gasteiger partial charge in [0, 0.05) is 0 Å². The third-order valence-corrected chi connectivity index (χ3v) is 2.17. The van der Waals surface area contributed by atoms with Crippen molar-refractivity contribution in [1.29, 1.82) is 0 Å². The van der Waals surface area contributed by atoms with Crippen molar-refractivity contribution in [3.05, 3.63) is 48.0 Å². The van der Waals surface area contributed by atoms with Crippen LogP contribution in [0.4, 0.5) is 0 Å². The lowest BCUT2D eigenvalue weighted by Gasteiger charge is -2.20. The molecule has 0 saturated heterocycles. The molecule has 80 valence electrons. The van der Waals surface area contributed by atoms with Crippen LogP contribution in [0.5, 0.6) is 0 Å². The molecule has 0 amide bonds. The standard InChI is InChI=1S/C13H16O2/c1-13(2,9-8-12(14)15)10-11-6-4-3-5-7-11/h3-9H,10H2,1-2H3,(H,14,15)/p-1/b9-8+. The van der Waals surface area contributed by atoms with Crippen molar-refractivity contribution < 1.29 is 9.90 Å². The quantitative estimate of drug-likeness (QED) is 0.697. The van der Waals surface area contributed by atoms with E-state index in [-0.39, 0.29) is 5.41 Å². The molecule has 2 heteroatoms. The van der Waals surface area contributed by atoms with Crippen LogP contribution < -0.4 is 5.11 Å². The van der Waals surface area contributed by atoms with Gasteiger partial charge >= 0.3 is 0 Å². The third-order valence-electron chi connectivity index (χ3n) is 2.17. The molecule has 1 aromatic carbocycles. The fourth-order valence-corrected chi connectivity index (χ4v) is 1.47. The number of allylic oxidation sites excluding steroid dienone is 1. The predicted octanol–water partition coefficient (Wildman–Crippen LogP) is 1.56. The molecule has 0 fully saturated rings. The van der Waals surface area contributed by atoms with Crippen LogP contribution in [-0.4, -0.2) is 5.97 Å². The largest absolute Gasteiger partial charge is 0.545 e. The predicted molar refractivity (Wildman–Crippen MR) is 58.1 cm³/mol. The second-order valence-electron chi connectivity index (χ2n) is 4.30. The highest BCUT2D eigenvalue weighted by atomic mass is 16.4. The van der Waals surface area contributed by atoms with Gasteiger partial charge in [0.05, 0.1) is 5.97 Å². The number of rotatable bonds is 4. The van der Waals surface area contributed by atoms with Gasteiger partial charge in [0.2, 0.25) is 0 Å². The van der Waals surface area contributed by atoms with Gasteiger partial charge in [-0.2, -0.15) is 0 Å². The Labute approximate surface area is 90.3 Å². The van der Waals surface area contributed by atoms with Gasteiger partial charge in [-0.25, -0.2) is 0 Å². The van der Waals surface area contributed by atoms with E-state index in [9.17, 15) is 9.90 Å². The first-order valence-corrected chi connectivity index (χ1v) is 4.94. The summed E-state index contributed by atoms with van der Waals surface area (Å²) in [4.78, 5) is 10.3. The minimum absolute atomic E-state index is 0.165. The highest BCUT2D eigenvalue weighted by Crippen LogP contribution is 2.23. The molecule has 0 aliphatic heterocycles. The van der Waals surface area contributed by atoms with Gasteiger partial charge in [-0.3, -0.25) is 0 Å². The molecule has 0 aromatic heterocycles. The maximum atomic E-state index is 10.3. The summed E-state index contributed by atoms with van der Waals surface area (Å²) in [5, 5.41) is 10.3. The number of carbonyl (C=O) groups is 1. The van der Waals surface area contributed by atoms with E-state index in [1.165, 1.54) is 5.56 Å². The fourth-order valence-electron chi connectivity index (χ4n) is 1.47. The molecule has 0 unspecified atom stereocenters. The SMILES string of the molecule is CC(C)(/C=C/C(=O)[O-])Cc1ccccc1. The Bertz CT molecular complexity index is 350. The summed E-state index contributed by atoms with van der Waals surface area (Å²) in [6, 6.07) is 10.00. The number of carboxylic acid groups (broad SMARTS) is 1. The van der Waals surface area contributed by atoms with Crippen molar-refractivity contribution in [1.82, 2.24) is 0 Å². The normalized spacial score (nSPS) is 11.9. The maximum absolute atomic E-state index is 10.3. The minimum atomic E-state index is -1.14. The Balaban J connectivity index is 2.68. The Morgan fingerprint density at radius 1 is 1.33 bits per heavy atom. The molecular formula is C13H15O2-. The molecule has 0 heterocycles. The summed E-state index contributed by atoms with van der Waals surface area (Å²) in [5.74, 6) is -1.14. The van der Waals surface area contributed by atoms with Crippen LogP contribution >= 0.6 is 0 Å². The fraction of sp³-hybridized carbons (Fsp3) is 0.308. The molecule has 0 aliphatic carbocycles. The summed E-state index contributed by atoms with van der Waals surface area (Å²) in [5.41, 5.74) is 1.03. The number of hydrogen-bond acceptors (Lipinski definition) is 2. The molecule has 0 aliphatic rings. The van der Waals surface area contributed by atoms with Gasteiger partial charge in [-0.1, -0.05) is 50.3 Å². The lowest BCUT2D eigenvalue weighted by Crippen LogP contribution is -2.20. The molecule has 2 nitrogen and oxygen atoms in total. The average molecular weight is 203 g/mol. The summed E-state index contributed by atoms with van der Waals surface area (Å²) >= 11 is 0. The van der Waals surface area contributed by atoms with E-state index in [2.05, 4.69) is 0 Å². The van der Waals surface area contributed by atoms with Gasteiger partial charge < -0.3 is 9.90 Å². The Morgan fingerprint density at radius 2 is 1.93 bits per heavy atom. The van der Waals surface area contributed by atoms with E-state index in [1.54, 1.807) is 6.08 Å². The smallest absolute Gasteiger partial charge is 0.0639 e. The zero-order chi connectivity index (χ0) is 11.3. The van der Waals surface area contributed by atoms with Crippen LogP contribution in [0, 0.1) is 5.41 Å². The number of carboxylic acids is 1. The number of carbonyl (C=O) groups excluding carboxylic acids is 1. The van der Waals surface area contributed by atoms with Crippen molar-refractivity contribution in [3.63, 3.8) is 0 Å². The third kappa shape index (κ3) is 4.45. The summed E-state index contributed by atoms with van der Waals surface area (Å²) < 4.78 is 0. The second kappa shape index (κ2) is 4.78. The molecular weight excluding hydrogens is 188 g/mol. The zero-order valence-corrected chi connectivity index (χ0v) is 9.07. The molecule has 0 radical (unpaired) electrons. The van der Waals surface area contributed by atoms with Crippen LogP contribution in [0.2, 0.25) is 0 Å². The summed E-state index contributed by atoms with van der Waals surface area (Å²) in [6.07, 6.45) is 3.59. The number of aliphatic carboxylic acids is 1. The minimum Gasteiger partial charge on any atom is -0.545 e. The maximum Gasteiger partial charge on any atom is 0.0639 e. The lowest BCUT2D eigenvalue weighted by atomic mass is 9.85. The van der Waals surface area contributed by atoms with Crippen LogP contribution in [0.3, 0.4) is 0 Å². The molecule has 0 atom stereocenters. The molecule has 0 saturated carbocycles. The molecule has 1 aromatic rings. The molecule has 0 bridgehead atoms. The first-order chi connectivity index (χ1) is 6.99. The van der Waals surface area contributed by atoms with Gasteiger partial charge in [0.25, 0.3) is 0 Å². The highest BCUT2D eigenvalue weighted by Gasteiger charge is 2.13. The number of benzene rings is 1. The molecule has 1 rings (SSSR count). The topological polar surface area (TPSA) is 40.1 Å². The van der Waals surface area contributed by atoms with Gasteiger partial charge in [0.15, 0.2) is 0 Å². The van der Waals surface area contributed by atoms with E-state index in [0.717, 1.165) is 12.5 Å². The van der Waals surface area contributed by atoms with Crippen LogP contribution in [0.15, 0.2) is 42.5 Å². The number of hydrogen-bond donors (Lipinski definition) is 0. The highest BCUT2D eigenvalue weighted by molar-refractivity contribution is 5.77. The van der Waals surface area contributed by atoms with Crippen LogP contribution in [0.25, 0.3) is 0 Å². The first-order valence-electron chi connectivity index (χ1n) is 4.94. The monoisotopic (exact) mass is 203 g/mol. The Morgan fingerprint density at radius 3 is 2.47 bits per heavy atom. The van der Waals surface area contributed by atoms with Crippen LogP contribution in [-0.2, 0) is 11.2 Å². The summed E-state index contributed by atoms with van der Waals surface area (Å²) in [6.45, 7) is 4.00. The van der Waals surface area contributed by atoms with Gasteiger partial charge in [0.1, 0.15) is 0 Å². The molecule has 15 heavy (non-hydrogen) atoms. The van der Waals surface area contributed by atoms with E-state index >= 15 is 0 Å². The average Bonchev–Trinajstić information content (AvgIpc) is 2.16. The van der Waals surface area contributed by atoms with Crippen molar-refractivity contribution in [2.24, 2.45) is 5.41 Å². The first kappa shape index (κ1) is 11.5. The van der Waals surface area contributed by atoms with Gasteiger partial charge in [-0.15, -0.1) is 0 Å². The van der Waals surface area contributed by atoms with E-state index in [4.69, 9.17) is 0 Å². The summed E-state index contributed by atoms with van der Waals surface area (Å²) in [7, 11) is 0. The van der Waals surface area contributed by atoms with E-state index < -0.39 is 5.97 Å². The molecule has 0 N–H and O–H groups in total. The molecule has 0 spiro atoms. The van der Waals surface area contributed by atoms with Crippen molar-refractivity contribution >= 4 is 5.97 Å². The van der Waals surface area contributed by atoms with E-state index in [0.29, 0.717) is 0 Å². The Hall–Kier alpha value is -1.57. The van der Waals surface area contributed by atoms with Crippen molar-refractivity contribution in [2.75, 3.05) is 0 Å². The van der Waals surface area contributed by atoms with Crippen molar-refractivity contribution in [2.45, 2.75) is 20.3 Å². The Kier molecular flexibility index (Phi) is 3.67.